The first-order valence-electron chi connectivity index (χ1n) is 4.87. The van der Waals surface area contributed by atoms with Gasteiger partial charge in [-0.25, -0.2) is 0 Å². The zero-order valence-electron chi connectivity index (χ0n) is 7.91. The fraction of sp³-hybridized carbons (Fsp3) is 0.600. The van der Waals surface area contributed by atoms with Crippen molar-refractivity contribution in [2.24, 2.45) is 5.73 Å². The fourth-order valence-corrected chi connectivity index (χ4v) is 3.19. The van der Waals surface area contributed by atoms with Gasteiger partial charge in [-0.3, -0.25) is 0 Å². The number of rotatable bonds is 3. The largest absolute Gasteiger partial charge is 0.371 e. The Hall–Kier alpha value is 0.1000. The molecule has 1 fully saturated rings. The van der Waals surface area contributed by atoms with Crippen molar-refractivity contribution in [2.45, 2.75) is 38.0 Å². The molecule has 0 bridgehead atoms. The lowest BCUT2D eigenvalue weighted by molar-refractivity contribution is 0.0372. The first-order chi connectivity index (χ1) is 6.75. The van der Waals surface area contributed by atoms with Crippen LogP contribution in [0.15, 0.2) is 15.9 Å². The SMILES string of the molecule is NC1CCCC1OCc1ccc(Br)s1. The lowest BCUT2D eigenvalue weighted by Crippen LogP contribution is -2.31. The summed E-state index contributed by atoms with van der Waals surface area (Å²) < 4.78 is 6.94. The minimum absolute atomic E-state index is 0.249. The van der Waals surface area contributed by atoms with Crippen LogP contribution in [0.3, 0.4) is 0 Å². The van der Waals surface area contributed by atoms with E-state index in [1.807, 2.05) is 0 Å². The third-order valence-corrected chi connectivity index (χ3v) is 4.17. The van der Waals surface area contributed by atoms with Crippen molar-refractivity contribution < 1.29 is 4.74 Å². The third-order valence-electron chi connectivity index (χ3n) is 2.57. The fourth-order valence-electron chi connectivity index (χ4n) is 1.78. The van der Waals surface area contributed by atoms with Gasteiger partial charge in [0.05, 0.1) is 16.5 Å². The van der Waals surface area contributed by atoms with E-state index in [9.17, 15) is 0 Å². The van der Waals surface area contributed by atoms with Gasteiger partial charge in [0, 0.05) is 10.9 Å². The van der Waals surface area contributed by atoms with E-state index in [1.54, 1.807) is 11.3 Å². The Bertz CT molecular complexity index is 302. The molecule has 0 saturated heterocycles. The molecule has 1 aromatic rings. The molecule has 0 amide bonds. The number of ether oxygens (including phenoxy) is 1. The molecule has 2 rings (SSSR count). The summed E-state index contributed by atoms with van der Waals surface area (Å²) in [5.41, 5.74) is 5.92. The van der Waals surface area contributed by atoms with Gasteiger partial charge in [-0.1, -0.05) is 0 Å². The van der Waals surface area contributed by atoms with E-state index in [2.05, 4.69) is 28.1 Å². The van der Waals surface area contributed by atoms with E-state index >= 15 is 0 Å². The minimum Gasteiger partial charge on any atom is -0.371 e. The van der Waals surface area contributed by atoms with Gasteiger partial charge < -0.3 is 10.5 Å². The monoisotopic (exact) mass is 275 g/mol. The molecule has 1 saturated carbocycles. The van der Waals surface area contributed by atoms with Crippen LogP contribution in [0.1, 0.15) is 24.1 Å². The normalized spacial score (nSPS) is 27.0. The molecule has 2 unspecified atom stereocenters. The topological polar surface area (TPSA) is 35.2 Å². The maximum absolute atomic E-state index is 5.92. The maximum Gasteiger partial charge on any atom is 0.0814 e. The van der Waals surface area contributed by atoms with E-state index in [4.69, 9.17) is 10.5 Å². The molecule has 2 atom stereocenters. The number of nitrogens with two attached hydrogens (primary N) is 1. The second kappa shape index (κ2) is 4.75. The zero-order chi connectivity index (χ0) is 9.97. The van der Waals surface area contributed by atoms with E-state index in [0.29, 0.717) is 6.61 Å². The van der Waals surface area contributed by atoms with E-state index in [-0.39, 0.29) is 12.1 Å². The Morgan fingerprint density at radius 2 is 2.36 bits per heavy atom. The molecule has 2 nitrogen and oxygen atoms in total. The highest BCUT2D eigenvalue weighted by Gasteiger charge is 2.24. The van der Waals surface area contributed by atoms with Gasteiger partial charge in [0.2, 0.25) is 0 Å². The molecular formula is C10H14BrNOS. The summed E-state index contributed by atoms with van der Waals surface area (Å²) in [5.74, 6) is 0. The molecule has 2 N–H and O–H groups in total. The molecule has 14 heavy (non-hydrogen) atoms. The number of hydrogen-bond acceptors (Lipinski definition) is 3. The minimum atomic E-state index is 0.249. The third kappa shape index (κ3) is 2.57. The van der Waals surface area contributed by atoms with Crippen molar-refractivity contribution in [3.8, 4) is 0 Å². The first-order valence-corrected chi connectivity index (χ1v) is 6.48. The van der Waals surface area contributed by atoms with Crippen LogP contribution in [0.25, 0.3) is 0 Å². The lowest BCUT2D eigenvalue weighted by Gasteiger charge is -2.15. The van der Waals surface area contributed by atoms with Crippen LogP contribution in [0.2, 0.25) is 0 Å². The Balaban J connectivity index is 1.82. The Kier molecular flexibility index (Phi) is 3.60. The maximum atomic E-state index is 5.92. The summed E-state index contributed by atoms with van der Waals surface area (Å²) in [6.07, 6.45) is 3.71. The van der Waals surface area contributed by atoms with Crippen LogP contribution in [0.4, 0.5) is 0 Å². The van der Waals surface area contributed by atoms with E-state index in [1.165, 1.54) is 11.3 Å². The lowest BCUT2D eigenvalue weighted by atomic mass is 10.2. The van der Waals surface area contributed by atoms with Crippen molar-refractivity contribution in [3.63, 3.8) is 0 Å². The van der Waals surface area contributed by atoms with Crippen LogP contribution in [-0.2, 0) is 11.3 Å². The molecule has 1 aliphatic carbocycles. The quantitative estimate of drug-likeness (QED) is 0.921. The highest BCUT2D eigenvalue weighted by molar-refractivity contribution is 9.11. The van der Waals surface area contributed by atoms with Crippen LogP contribution in [-0.4, -0.2) is 12.1 Å². The summed E-state index contributed by atoms with van der Waals surface area (Å²) in [5, 5.41) is 0. The van der Waals surface area contributed by atoms with Crippen LogP contribution in [0, 0.1) is 0 Å². The van der Waals surface area contributed by atoms with Gasteiger partial charge >= 0.3 is 0 Å². The highest BCUT2D eigenvalue weighted by Crippen LogP contribution is 2.25. The summed E-state index contributed by atoms with van der Waals surface area (Å²) in [6.45, 7) is 0.703. The number of thiophene rings is 1. The summed E-state index contributed by atoms with van der Waals surface area (Å²) in [7, 11) is 0. The van der Waals surface area contributed by atoms with Crippen molar-refractivity contribution in [3.05, 3.63) is 20.8 Å². The number of hydrogen-bond donors (Lipinski definition) is 1. The molecule has 1 heterocycles. The first kappa shape index (κ1) is 10.6. The highest BCUT2D eigenvalue weighted by atomic mass is 79.9. The van der Waals surface area contributed by atoms with Gasteiger partial charge in [0.1, 0.15) is 0 Å². The predicted molar refractivity (Wildman–Crippen MR) is 62.4 cm³/mol. The molecule has 0 radical (unpaired) electrons. The van der Waals surface area contributed by atoms with Gasteiger partial charge in [-0.2, -0.15) is 0 Å². The van der Waals surface area contributed by atoms with Gasteiger partial charge in [0.15, 0.2) is 0 Å². The molecule has 0 spiro atoms. The molecular weight excluding hydrogens is 262 g/mol. The van der Waals surface area contributed by atoms with Gasteiger partial charge in [-0.05, 0) is 47.3 Å². The van der Waals surface area contributed by atoms with Crippen LogP contribution >= 0.6 is 27.3 Å². The molecule has 0 aliphatic heterocycles. The molecule has 0 aromatic carbocycles. The van der Waals surface area contributed by atoms with Crippen LogP contribution in [0.5, 0.6) is 0 Å². The summed E-state index contributed by atoms with van der Waals surface area (Å²) >= 11 is 5.16. The van der Waals surface area contributed by atoms with Crippen molar-refractivity contribution >= 4 is 27.3 Å². The molecule has 1 aromatic heterocycles. The van der Waals surface area contributed by atoms with Crippen molar-refractivity contribution in [2.75, 3.05) is 0 Å². The second-order valence-corrected chi connectivity index (χ2v) is 6.20. The number of halogens is 1. The van der Waals surface area contributed by atoms with Crippen LogP contribution < -0.4 is 5.73 Å². The van der Waals surface area contributed by atoms with Crippen molar-refractivity contribution in [1.29, 1.82) is 0 Å². The second-order valence-electron chi connectivity index (χ2n) is 3.65. The Morgan fingerprint density at radius 3 is 2.93 bits per heavy atom. The van der Waals surface area contributed by atoms with E-state index < -0.39 is 0 Å². The average Bonchev–Trinajstić information content (AvgIpc) is 2.72. The smallest absolute Gasteiger partial charge is 0.0814 e. The Morgan fingerprint density at radius 1 is 1.50 bits per heavy atom. The van der Waals surface area contributed by atoms with E-state index in [0.717, 1.165) is 16.6 Å². The summed E-state index contributed by atoms with van der Waals surface area (Å²) in [6, 6.07) is 4.39. The summed E-state index contributed by atoms with van der Waals surface area (Å²) in [4.78, 5) is 1.26. The Labute approximate surface area is 96.6 Å². The zero-order valence-corrected chi connectivity index (χ0v) is 10.3. The standard InChI is InChI=1S/C10H14BrNOS/c11-10-5-4-7(14-10)6-13-9-3-1-2-8(9)12/h4-5,8-9H,1-3,6,12H2. The van der Waals surface area contributed by atoms with Gasteiger partial charge in [-0.15, -0.1) is 11.3 Å². The van der Waals surface area contributed by atoms with Gasteiger partial charge in [0.25, 0.3) is 0 Å². The molecule has 4 heteroatoms. The molecule has 1 aliphatic rings. The predicted octanol–water partition coefficient (Wildman–Crippen LogP) is 2.91. The van der Waals surface area contributed by atoms with Crippen molar-refractivity contribution in [1.82, 2.24) is 0 Å². The molecule has 78 valence electrons. The average molecular weight is 276 g/mol.